The summed E-state index contributed by atoms with van der Waals surface area (Å²) in [6.45, 7) is 0.599. The number of aromatic hydroxyl groups is 2. The Morgan fingerprint density at radius 2 is 1.44 bits per heavy atom. The van der Waals surface area contributed by atoms with Crippen molar-refractivity contribution in [3.8, 4) is 23.0 Å². The number of methoxy groups -OCH3 is 3. The molecule has 6 nitrogen and oxygen atoms in total. The number of phenolic OH excluding ortho intramolecular Hbond substituents is 2. The topological polar surface area (TPSA) is 77.4 Å². The molecule has 1 unspecified atom stereocenters. The highest BCUT2D eigenvalue weighted by molar-refractivity contribution is 5.43. The minimum absolute atomic E-state index is 0.125. The molecule has 0 radical (unpaired) electrons. The van der Waals surface area contributed by atoms with Gasteiger partial charge in [-0.1, -0.05) is 12.1 Å². The van der Waals surface area contributed by atoms with Gasteiger partial charge in [-0.15, -0.1) is 0 Å². The Balaban J connectivity index is 1.78. The summed E-state index contributed by atoms with van der Waals surface area (Å²) >= 11 is 0. The van der Waals surface area contributed by atoms with Crippen LogP contribution in [0.4, 0.5) is 0 Å². The zero-order valence-corrected chi connectivity index (χ0v) is 15.8. The third kappa shape index (κ3) is 4.28. The summed E-state index contributed by atoms with van der Waals surface area (Å²) in [6.07, 6.45) is 1.25. The van der Waals surface area contributed by atoms with Crippen molar-refractivity contribution in [2.45, 2.75) is 19.1 Å². The lowest BCUT2D eigenvalue weighted by molar-refractivity contribution is -0.110. The molecule has 0 amide bonds. The first-order chi connectivity index (χ1) is 13.0. The second-order valence-corrected chi connectivity index (χ2v) is 6.78. The molecular formula is C21H26O6. The zero-order chi connectivity index (χ0) is 19.4. The molecule has 2 aromatic carbocycles. The van der Waals surface area contributed by atoms with E-state index in [1.807, 2.05) is 24.3 Å². The third-order valence-electron chi connectivity index (χ3n) is 5.12. The predicted molar refractivity (Wildman–Crippen MR) is 100 cm³/mol. The maximum atomic E-state index is 9.81. The van der Waals surface area contributed by atoms with Crippen molar-refractivity contribution < 1.29 is 29.2 Å². The number of rotatable bonds is 7. The average molecular weight is 374 g/mol. The van der Waals surface area contributed by atoms with Crippen molar-refractivity contribution >= 4 is 0 Å². The van der Waals surface area contributed by atoms with Crippen molar-refractivity contribution in [2.75, 3.05) is 27.9 Å². The summed E-state index contributed by atoms with van der Waals surface area (Å²) in [5.41, 5.74) is 2.12. The Morgan fingerprint density at radius 3 is 1.96 bits per heavy atom. The Labute approximate surface area is 159 Å². The van der Waals surface area contributed by atoms with E-state index in [1.165, 1.54) is 7.11 Å². The van der Waals surface area contributed by atoms with Gasteiger partial charge in [0, 0.05) is 13.0 Å². The summed E-state index contributed by atoms with van der Waals surface area (Å²) in [4.78, 5) is 0. The van der Waals surface area contributed by atoms with Gasteiger partial charge in [0.2, 0.25) is 0 Å². The van der Waals surface area contributed by atoms with Crippen LogP contribution in [0.25, 0.3) is 0 Å². The van der Waals surface area contributed by atoms with Gasteiger partial charge in [0.15, 0.2) is 29.3 Å². The molecule has 3 rings (SSSR count). The minimum Gasteiger partial charge on any atom is -0.504 e. The zero-order valence-electron chi connectivity index (χ0n) is 15.8. The standard InChI is InChI=1S/C21H26O6/c1-24-19-10-13(4-6-17(19)22)8-15-12-27-21(26-3)16(15)9-14-5-7-18(23)20(11-14)25-2/h4-7,10-11,15-16,21-23H,8-9,12H2,1-3H3/t15-,16-,21?/m0/s1. The maximum Gasteiger partial charge on any atom is 0.160 e. The van der Waals surface area contributed by atoms with E-state index in [1.54, 1.807) is 26.4 Å². The molecule has 2 aromatic rings. The molecule has 6 heteroatoms. The van der Waals surface area contributed by atoms with Gasteiger partial charge in [0.05, 0.1) is 20.8 Å². The van der Waals surface area contributed by atoms with Crippen molar-refractivity contribution in [2.24, 2.45) is 11.8 Å². The lowest BCUT2D eigenvalue weighted by Gasteiger charge is -2.22. The van der Waals surface area contributed by atoms with E-state index in [4.69, 9.17) is 18.9 Å². The van der Waals surface area contributed by atoms with Gasteiger partial charge in [-0.2, -0.15) is 0 Å². The molecule has 1 saturated heterocycles. The van der Waals surface area contributed by atoms with E-state index in [0.717, 1.165) is 24.0 Å². The van der Waals surface area contributed by atoms with Crippen LogP contribution >= 0.6 is 0 Å². The molecule has 1 aliphatic heterocycles. The molecule has 0 bridgehead atoms. The molecule has 146 valence electrons. The third-order valence-corrected chi connectivity index (χ3v) is 5.12. The summed E-state index contributed by atoms with van der Waals surface area (Å²) in [5, 5.41) is 19.6. The van der Waals surface area contributed by atoms with Crippen LogP contribution in [0.3, 0.4) is 0 Å². The lowest BCUT2D eigenvalue weighted by atomic mass is 9.84. The molecule has 2 N–H and O–H groups in total. The molecule has 0 spiro atoms. The van der Waals surface area contributed by atoms with Gasteiger partial charge in [-0.3, -0.25) is 0 Å². The number of ether oxygens (including phenoxy) is 4. The minimum atomic E-state index is -0.284. The van der Waals surface area contributed by atoms with Gasteiger partial charge in [0.25, 0.3) is 0 Å². The smallest absolute Gasteiger partial charge is 0.160 e. The van der Waals surface area contributed by atoms with Gasteiger partial charge in [0.1, 0.15) is 0 Å². The number of benzene rings is 2. The molecular weight excluding hydrogens is 348 g/mol. The predicted octanol–water partition coefficient (Wildman–Crippen LogP) is 3.14. The van der Waals surface area contributed by atoms with E-state index in [-0.39, 0.29) is 29.6 Å². The molecule has 0 aromatic heterocycles. The van der Waals surface area contributed by atoms with Crippen LogP contribution in [0, 0.1) is 11.8 Å². The first-order valence-electron chi connectivity index (χ1n) is 8.91. The first-order valence-corrected chi connectivity index (χ1v) is 8.91. The number of hydrogen-bond acceptors (Lipinski definition) is 6. The Kier molecular flexibility index (Phi) is 6.08. The molecule has 1 fully saturated rings. The summed E-state index contributed by atoms with van der Waals surface area (Å²) in [5.74, 6) is 1.59. The largest absolute Gasteiger partial charge is 0.504 e. The number of hydrogen-bond donors (Lipinski definition) is 2. The van der Waals surface area contributed by atoms with Crippen LogP contribution in [-0.4, -0.2) is 44.4 Å². The summed E-state index contributed by atoms with van der Waals surface area (Å²) in [6, 6.07) is 10.8. The Bertz CT molecular complexity index is 775. The number of phenols is 2. The van der Waals surface area contributed by atoms with Crippen LogP contribution < -0.4 is 9.47 Å². The highest BCUT2D eigenvalue weighted by Gasteiger charge is 2.37. The second kappa shape index (κ2) is 8.50. The lowest BCUT2D eigenvalue weighted by Crippen LogP contribution is -2.25. The molecule has 3 atom stereocenters. The quantitative estimate of drug-likeness (QED) is 0.775. The van der Waals surface area contributed by atoms with Gasteiger partial charge < -0.3 is 29.2 Å². The van der Waals surface area contributed by atoms with E-state index in [0.29, 0.717) is 18.1 Å². The van der Waals surface area contributed by atoms with Gasteiger partial charge in [-0.25, -0.2) is 0 Å². The SMILES string of the molecule is COc1cc(C[C@H]2COC(OC)[C@H]2Cc2ccc(O)c(OC)c2)ccc1O. The van der Waals surface area contributed by atoms with E-state index < -0.39 is 0 Å². The van der Waals surface area contributed by atoms with Crippen LogP contribution in [0.5, 0.6) is 23.0 Å². The fraction of sp³-hybridized carbons (Fsp3) is 0.429. The van der Waals surface area contributed by atoms with Crippen molar-refractivity contribution in [3.63, 3.8) is 0 Å². The van der Waals surface area contributed by atoms with Crippen LogP contribution in [0.2, 0.25) is 0 Å². The molecule has 1 aliphatic rings. The molecule has 0 saturated carbocycles. The monoisotopic (exact) mass is 374 g/mol. The first kappa shape index (κ1) is 19.3. The van der Waals surface area contributed by atoms with Crippen molar-refractivity contribution in [3.05, 3.63) is 47.5 Å². The van der Waals surface area contributed by atoms with Crippen molar-refractivity contribution in [1.29, 1.82) is 0 Å². The summed E-state index contributed by atoms with van der Waals surface area (Å²) in [7, 11) is 4.73. The fourth-order valence-electron chi connectivity index (χ4n) is 3.68. The van der Waals surface area contributed by atoms with Crippen LogP contribution in [0.15, 0.2) is 36.4 Å². The molecule has 1 heterocycles. The summed E-state index contributed by atoms with van der Waals surface area (Å²) < 4.78 is 21.8. The highest BCUT2D eigenvalue weighted by Crippen LogP contribution is 2.36. The molecule has 27 heavy (non-hydrogen) atoms. The fourth-order valence-corrected chi connectivity index (χ4v) is 3.68. The maximum absolute atomic E-state index is 9.81. The van der Waals surface area contributed by atoms with Crippen molar-refractivity contribution in [1.82, 2.24) is 0 Å². The van der Waals surface area contributed by atoms with Crippen LogP contribution in [0.1, 0.15) is 11.1 Å². The van der Waals surface area contributed by atoms with E-state index in [2.05, 4.69) is 0 Å². The Morgan fingerprint density at radius 1 is 0.889 bits per heavy atom. The van der Waals surface area contributed by atoms with Gasteiger partial charge in [-0.05, 0) is 54.2 Å². The normalized spacial score (nSPS) is 22.0. The molecule has 0 aliphatic carbocycles. The Hall–Kier alpha value is -2.44. The van der Waals surface area contributed by atoms with E-state index in [9.17, 15) is 10.2 Å². The van der Waals surface area contributed by atoms with Crippen LogP contribution in [-0.2, 0) is 22.3 Å². The van der Waals surface area contributed by atoms with E-state index >= 15 is 0 Å². The average Bonchev–Trinajstić information content (AvgIpc) is 3.06. The highest BCUT2D eigenvalue weighted by atomic mass is 16.7. The second-order valence-electron chi connectivity index (χ2n) is 6.78. The van der Waals surface area contributed by atoms with Gasteiger partial charge >= 0.3 is 0 Å².